The highest BCUT2D eigenvalue weighted by Crippen LogP contribution is 2.15. The monoisotopic (exact) mass is 229 g/mol. The van der Waals surface area contributed by atoms with Gasteiger partial charge in [-0.1, -0.05) is 0 Å². The minimum atomic E-state index is 0.765. The molecule has 0 aromatic carbocycles. The van der Waals surface area contributed by atoms with Gasteiger partial charge in [0.25, 0.3) is 0 Å². The summed E-state index contributed by atoms with van der Waals surface area (Å²) in [4.78, 5) is 11.0. The van der Waals surface area contributed by atoms with Crippen LogP contribution in [0.4, 0.5) is 5.69 Å². The van der Waals surface area contributed by atoms with Crippen molar-refractivity contribution in [1.82, 2.24) is 19.4 Å². The molecule has 0 unspecified atom stereocenters. The Labute approximate surface area is 99.9 Å². The number of nitrogens with two attached hydrogens (primary N) is 1. The first-order valence-electron chi connectivity index (χ1n) is 5.74. The molecule has 5 heteroatoms. The van der Waals surface area contributed by atoms with Gasteiger partial charge in [-0.05, 0) is 12.1 Å². The van der Waals surface area contributed by atoms with Crippen LogP contribution in [0.25, 0.3) is 0 Å². The van der Waals surface area contributed by atoms with E-state index in [1.807, 2.05) is 24.5 Å². The van der Waals surface area contributed by atoms with Gasteiger partial charge in [-0.25, -0.2) is 4.98 Å². The average molecular weight is 229 g/mol. The molecule has 2 aromatic rings. The fourth-order valence-electron chi connectivity index (χ4n) is 2.15. The SMILES string of the molecule is Nc1cccnc1CN1CCn2ccnc2C1. The molecule has 3 heterocycles. The number of hydrogen-bond donors (Lipinski definition) is 1. The summed E-state index contributed by atoms with van der Waals surface area (Å²) in [5.41, 5.74) is 7.62. The zero-order valence-corrected chi connectivity index (χ0v) is 9.58. The van der Waals surface area contributed by atoms with Crippen molar-refractivity contribution >= 4 is 5.69 Å². The molecule has 1 aliphatic rings. The van der Waals surface area contributed by atoms with Gasteiger partial charge >= 0.3 is 0 Å². The van der Waals surface area contributed by atoms with Crippen molar-refractivity contribution in [3.63, 3.8) is 0 Å². The minimum Gasteiger partial charge on any atom is -0.397 e. The Bertz CT molecular complexity index is 519. The first-order valence-corrected chi connectivity index (χ1v) is 5.74. The molecular weight excluding hydrogens is 214 g/mol. The molecule has 0 aliphatic carbocycles. The summed E-state index contributed by atoms with van der Waals surface area (Å²) in [5, 5.41) is 0. The third-order valence-corrected chi connectivity index (χ3v) is 3.12. The number of anilines is 1. The largest absolute Gasteiger partial charge is 0.397 e. The molecule has 88 valence electrons. The molecule has 0 saturated carbocycles. The Morgan fingerprint density at radius 3 is 3.06 bits per heavy atom. The molecule has 0 saturated heterocycles. The lowest BCUT2D eigenvalue weighted by Crippen LogP contribution is -2.33. The first-order chi connectivity index (χ1) is 8.33. The van der Waals surface area contributed by atoms with Gasteiger partial charge in [0.15, 0.2) is 0 Å². The van der Waals surface area contributed by atoms with Crippen LogP contribution >= 0.6 is 0 Å². The number of imidazole rings is 1. The predicted molar refractivity (Wildman–Crippen MR) is 65.0 cm³/mol. The van der Waals surface area contributed by atoms with E-state index in [-0.39, 0.29) is 0 Å². The first kappa shape index (κ1) is 10.3. The fraction of sp³-hybridized carbons (Fsp3) is 0.333. The molecule has 0 atom stereocenters. The van der Waals surface area contributed by atoms with Crippen LogP contribution in [-0.4, -0.2) is 26.0 Å². The topological polar surface area (TPSA) is 60.0 Å². The Kier molecular flexibility index (Phi) is 2.53. The van der Waals surface area contributed by atoms with Crippen molar-refractivity contribution in [2.24, 2.45) is 0 Å². The maximum atomic E-state index is 5.90. The molecule has 17 heavy (non-hydrogen) atoms. The second kappa shape index (κ2) is 4.18. The highest BCUT2D eigenvalue weighted by Gasteiger charge is 2.17. The van der Waals surface area contributed by atoms with E-state index in [9.17, 15) is 0 Å². The van der Waals surface area contributed by atoms with Crippen LogP contribution in [0.5, 0.6) is 0 Å². The molecule has 0 bridgehead atoms. The molecule has 0 spiro atoms. The molecule has 0 amide bonds. The van der Waals surface area contributed by atoms with Crippen molar-refractivity contribution in [3.05, 3.63) is 42.2 Å². The van der Waals surface area contributed by atoms with Crippen LogP contribution in [0, 0.1) is 0 Å². The van der Waals surface area contributed by atoms with E-state index in [0.717, 1.165) is 43.4 Å². The van der Waals surface area contributed by atoms with E-state index in [2.05, 4.69) is 19.4 Å². The number of nitrogen functional groups attached to an aromatic ring is 1. The molecule has 0 fully saturated rings. The van der Waals surface area contributed by atoms with E-state index < -0.39 is 0 Å². The van der Waals surface area contributed by atoms with E-state index >= 15 is 0 Å². The van der Waals surface area contributed by atoms with Crippen molar-refractivity contribution in [1.29, 1.82) is 0 Å². The maximum absolute atomic E-state index is 5.90. The zero-order chi connectivity index (χ0) is 11.7. The Hall–Kier alpha value is -1.88. The van der Waals surface area contributed by atoms with Crippen LogP contribution in [-0.2, 0) is 19.6 Å². The van der Waals surface area contributed by atoms with Crippen LogP contribution in [0.1, 0.15) is 11.5 Å². The van der Waals surface area contributed by atoms with E-state index in [1.165, 1.54) is 0 Å². The summed E-state index contributed by atoms with van der Waals surface area (Å²) >= 11 is 0. The lowest BCUT2D eigenvalue weighted by Gasteiger charge is -2.27. The number of hydrogen-bond acceptors (Lipinski definition) is 4. The number of pyridine rings is 1. The Morgan fingerprint density at radius 1 is 1.24 bits per heavy atom. The van der Waals surface area contributed by atoms with Gasteiger partial charge < -0.3 is 10.3 Å². The molecule has 1 aliphatic heterocycles. The summed E-state index contributed by atoms with van der Waals surface area (Å²) in [7, 11) is 0. The van der Waals surface area contributed by atoms with Crippen molar-refractivity contribution < 1.29 is 0 Å². The van der Waals surface area contributed by atoms with Crippen LogP contribution in [0.15, 0.2) is 30.7 Å². The van der Waals surface area contributed by atoms with Crippen LogP contribution in [0.3, 0.4) is 0 Å². The molecular formula is C12H15N5. The standard InChI is InChI=1S/C12H15N5/c13-10-2-1-3-14-11(10)8-16-6-7-17-5-4-15-12(17)9-16/h1-5H,6-9,13H2. The third kappa shape index (κ3) is 2.01. The average Bonchev–Trinajstić information content (AvgIpc) is 2.79. The lowest BCUT2D eigenvalue weighted by molar-refractivity contribution is 0.207. The van der Waals surface area contributed by atoms with Crippen LogP contribution in [0.2, 0.25) is 0 Å². The van der Waals surface area contributed by atoms with Gasteiger partial charge in [0, 0.05) is 38.2 Å². The molecule has 0 radical (unpaired) electrons. The second-order valence-electron chi connectivity index (χ2n) is 4.29. The van der Waals surface area contributed by atoms with Crippen molar-refractivity contribution in [3.8, 4) is 0 Å². The quantitative estimate of drug-likeness (QED) is 0.830. The molecule has 2 N–H and O–H groups in total. The highest BCUT2D eigenvalue weighted by molar-refractivity contribution is 5.41. The summed E-state index contributed by atoms with van der Waals surface area (Å²) in [6.07, 6.45) is 5.67. The highest BCUT2D eigenvalue weighted by atomic mass is 15.2. The van der Waals surface area contributed by atoms with Crippen molar-refractivity contribution in [2.45, 2.75) is 19.6 Å². The number of rotatable bonds is 2. The van der Waals surface area contributed by atoms with Gasteiger partial charge in [0.05, 0.1) is 17.9 Å². The third-order valence-electron chi connectivity index (χ3n) is 3.12. The van der Waals surface area contributed by atoms with Crippen molar-refractivity contribution in [2.75, 3.05) is 12.3 Å². The summed E-state index contributed by atoms with van der Waals surface area (Å²) < 4.78 is 2.19. The maximum Gasteiger partial charge on any atom is 0.122 e. The lowest BCUT2D eigenvalue weighted by atomic mass is 10.2. The van der Waals surface area contributed by atoms with E-state index in [4.69, 9.17) is 5.73 Å². The van der Waals surface area contributed by atoms with Crippen LogP contribution < -0.4 is 5.73 Å². The summed E-state index contributed by atoms with van der Waals surface area (Å²) in [5.74, 6) is 1.12. The number of fused-ring (bicyclic) bond motifs is 1. The van der Waals surface area contributed by atoms with E-state index in [0.29, 0.717) is 0 Å². The fourth-order valence-corrected chi connectivity index (χ4v) is 2.15. The van der Waals surface area contributed by atoms with Gasteiger partial charge in [0.2, 0.25) is 0 Å². The molecule has 2 aromatic heterocycles. The summed E-state index contributed by atoms with van der Waals surface area (Å²) in [6, 6.07) is 3.76. The van der Waals surface area contributed by atoms with Gasteiger partial charge in [-0.3, -0.25) is 9.88 Å². The predicted octanol–water partition coefficient (Wildman–Crippen LogP) is 0.876. The summed E-state index contributed by atoms with van der Waals surface area (Å²) in [6.45, 7) is 3.66. The van der Waals surface area contributed by atoms with Gasteiger partial charge in [-0.2, -0.15) is 0 Å². The Morgan fingerprint density at radius 2 is 2.18 bits per heavy atom. The molecule has 5 nitrogen and oxygen atoms in total. The van der Waals surface area contributed by atoms with Gasteiger partial charge in [0.1, 0.15) is 5.82 Å². The minimum absolute atomic E-state index is 0.765. The second-order valence-corrected chi connectivity index (χ2v) is 4.29. The Balaban J connectivity index is 1.74. The molecule has 3 rings (SSSR count). The van der Waals surface area contributed by atoms with E-state index in [1.54, 1.807) is 6.20 Å². The normalized spacial score (nSPS) is 15.8. The zero-order valence-electron chi connectivity index (χ0n) is 9.58. The van der Waals surface area contributed by atoms with Gasteiger partial charge in [-0.15, -0.1) is 0 Å². The number of aromatic nitrogens is 3. The smallest absolute Gasteiger partial charge is 0.122 e. The number of nitrogens with zero attached hydrogens (tertiary/aromatic N) is 4.